The van der Waals surface area contributed by atoms with Crippen molar-refractivity contribution in [3.05, 3.63) is 59.2 Å². The molecule has 0 saturated heterocycles. The molecule has 4 rings (SSSR count). The van der Waals surface area contributed by atoms with Gasteiger partial charge in [0.25, 0.3) is 0 Å². The van der Waals surface area contributed by atoms with Gasteiger partial charge in [-0.3, -0.25) is 4.52 Å². The van der Waals surface area contributed by atoms with Crippen LogP contribution in [-0.2, 0) is 0 Å². The largest absolute Gasteiger partial charge is 0.428 e. The van der Waals surface area contributed by atoms with E-state index in [1.54, 1.807) is 0 Å². The van der Waals surface area contributed by atoms with Gasteiger partial charge < -0.3 is 0 Å². The lowest BCUT2D eigenvalue weighted by Gasteiger charge is -2.27. The first kappa shape index (κ1) is 9.70. The minimum atomic E-state index is -1.01. The molecule has 0 saturated carbocycles. The summed E-state index contributed by atoms with van der Waals surface area (Å²) < 4.78 is 5.85. The lowest BCUT2D eigenvalue weighted by atomic mass is 9.78. The van der Waals surface area contributed by atoms with Crippen LogP contribution in [0.4, 0.5) is 0 Å². The van der Waals surface area contributed by atoms with Crippen molar-refractivity contribution in [3.8, 4) is 5.75 Å². The van der Waals surface area contributed by atoms with Gasteiger partial charge in [0, 0.05) is 5.56 Å². The van der Waals surface area contributed by atoms with Crippen molar-refractivity contribution in [2.75, 3.05) is 0 Å². The van der Waals surface area contributed by atoms with Crippen molar-refractivity contribution in [2.45, 2.75) is 5.92 Å². The summed E-state index contributed by atoms with van der Waals surface area (Å²) >= 11 is 6.36. The van der Waals surface area contributed by atoms with Crippen LogP contribution in [-0.4, -0.2) is 5.29 Å². The number of hydrogen-bond acceptors (Lipinski definition) is 1. The molecule has 0 radical (unpaired) electrons. The van der Waals surface area contributed by atoms with Crippen molar-refractivity contribution in [1.82, 2.24) is 0 Å². The Morgan fingerprint density at radius 1 is 1.18 bits per heavy atom. The van der Waals surface area contributed by atoms with Gasteiger partial charge in [0.15, 0.2) is 11.0 Å². The van der Waals surface area contributed by atoms with Gasteiger partial charge >= 0.3 is 7.12 Å². The SMILES string of the molecule is Cl[P+]1=C2C=CC=C3C=Cc4cccc(c4C32)O1. The molecule has 0 aromatic heterocycles. The average molecular weight is 260 g/mol. The topological polar surface area (TPSA) is 9.23 Å². The second-order valence-corrected chi connectivity index (χ2v) is 6.42. The molecule has 3 aliphatic rings. The first-order chi connectivity index (χ1) is 8.34. The number of hydrogen-bond donors (Lipinski definition) is 0. The third kappa shape index (κ3) is 1.24. The lowest BCUT2D eigenvalue weighted by Crippen LogP contribution is -2.21. The summed E-state index contributed by atoms with van der Waals surface area (Å²) in [7, 11) is -1.01. The molecule has 1 aromatic rings. The Morgan fingerprint density at radius 2 is 2.12 bits per heavy atom. The van der Waals surface area contributed by atoms with Gasteiger partial charge in [0.2, 0.25) is 11.2 Å². The lowest BCUT2D eigenvalue weighted by molar-refractivity contribution is 0.619. The van der Waals surface area contributed by atoms with Crippen LogP contribution in [0.1, 0.15) is 17.0 Å². The smallest absolute Gasteiger partial charge is 0.270 e. The Balaban J connectivity index is 2.10. The van der Waals surface area contributed by atoms with E-state index in [0.717, 1.165) is 5.75 Å². The second kappa shape index (κ2) is 3.35. The standard InChI is InChI=1S/C14H9ClOP/c15-17-12-6-2-4-10-8-7-9-3-1-5-11(16-17)13(9)14(10)12/h1-8,14H/q+1. The maximum Gasteiger partial charge on any atom is 0.428 e. The van der Waals surface area contributed by atoms with Gasteiger partial charge in [-0.15, -0.1) is 0 Å². The van der Waals surface area contributed by atoms with Crippen molar-refractivity contribution in [2.24, 2.45) is 0 Å². The van der Waals surface area contributed by atoms with Crippen LogP contribution >= 0.6 is 18.4 Å². The molecule has 82 valence electrons. The molecule has 0 amide bonds. The average Bonchev–Trinajstić information content (AvgIpc) is 2.37. The highest BCUT2D eigenvalue weighted by molar-refractivity contribution is 7.81. The molecule has 0 N–H and O–H groups in total. The van der Waals surface area contributed by atoms with Gasteiger partial charge in [-0.2, -0.15) is 0 Å². The predicted octanol–water partition coefficient (Wildman–Crippen LogP) is 4.41. The van der Waals surface area contributed by atoms with E-state index in [-0.39, 0.29) is 0 Å². The van der Waals surface area contributed by atoms with Gasteiger partial charge in [-0.25, -0.2) is 0 Å². The summed E-state index contributed by atoms with van der Waals surface area (Å²) in [5.41, 5.74) is 3.84. The molecule has 17 heavy (non-hydrogen) atoms. The van der Waals surface area contributed by atoms with Gasteiger partial charge in [0.1, 0.15) is 0 Å². The highest BCUT2D eigenvalue weighted by Crippen LogP contribution is 2.53. The number of allylic oxidation sites excluding steroid dienone is 5. The van der Waals surface area contributed by atoms with Crippen molar-refractivity contribution in [3.63, 3.8) is 0 Å². The number of benzene rings is 1. The van der Waals surface area contributed by atoms with E-state index in [1.165, 1.54) is 22.0 Å². The summed E-state index contributed by atoms with van der Waals surface area (Å²) in [5.74, 6) is 1.26. The van der Waals surface area contributed by atoms with Gasteiger partial charge in [0.05, 0.1) is 5.92 Å². The van der Waals surface area contributed by atoms with Crippen LogP contribution < -0.4 is 4.52 Å². The maximum absolute atomic E-state index is 6.36. The Morgan fingerprint density at radius 3 is 3.06 bits per heavy atom. The monoisotopic (exact) mass is 259 g/mol. The van der Waals surface area contributed by atoms with E-state index < -0.39 is 7.12 Å². The molecule has 3 heteroatoms. The molecule has 0 bridgehead atoms. The third-order valence-electron chi connectivity index (χ3n) is 3.41. The fourth-order valence-electron chi connectivity index (χ4n) is 2.67. The number of halogens is 1. The first-order valence-electron chi connectivity index (χ1n) is 5.54. The van der Waals surface area contributed by atoms with Crippen LogP contribution in [0.25, 0.3) is 6.08 Å². The highest BCUT2D eigenvalue weighted by Gasteiger charge is 2.41. The van der Waals surface area contributed by atoms with E-state index >= 15 is 0 Å². The van der Waals surface area contributed by atoms with E-state index in [0.29, 0.717) is 5.92 Å². The van der Waals surface area contributed by atoms with Crippen LogP contribution in [0.3, 0.4) is 0 Å². The minimum Gasteiger partial charge on any atom is -0.270 e. The molecule has 2 unspecified atom stereocenters. The molecule has 0 spiro atoms. The maximum atomic E-state index is 6.36. The van der Waals surface area contributed by atoms with Crippen molar-refractivity contribution >= 4 is 29.7 Å². The molecule has 1 nitrogen and oxygen atoms in total. The quantitative estimate of drug-likeness (QED) is 0.627. The summed E-state index contributed by atoms with van der Waals surface area (Å²) in [5, 5.41) is 1.21. The fraction of sp³-hybridized carbons (Fsp3) is 0.0714. The van der Waals surface area contributed by atoms with E-state index in [2.05, 4.69) is 36.4 Å². The molecule has 0 fully saturated rings. The van der Waals surface area contributed by atoms with E-state index in [1.807, 2.05) is 12.1 Å². The highest BCUT2D eigenvalue weighted by atomic mass is 35.7. The Bertz CT molecular complexity index is 652. The van der Waals surface area contributed by atoms with Crippen LogP contribution in [0.15, 0.2) is 48.1 Å². The molecule has 2 aliphatic carbocycles. The Kier molecular flexibility index (Phi) is 1.91. The van der Waals surface area contributed by atoms with Crippen LogP contribution in [0.5, 0.6) is 5.75 Å². The molecule has 1 heterocycles. The predicted molar refractivity (Wildman–Crippen MR) is 73.8 cm³/mol. The molecular formula is C14H9ClOP+. The van der Waals surface area contributed by atoms with E-state index in [4.69, 9.17) is 15.8 Å². The summed E-state index contributed by atoms with van der Waals surface area (Å²) in [6, 6.07) is 6.17. The molecule has 1 aromatic carbocycles. The van der Waals surface area contributed by atoms with Crippen LogP contribution in [0.2, 0.25) is 0 Å². The second-order valence-electron chi connectivity index (χ2n) is 4.31. The zero-order chi connectivity index (χ0) is 11.4. The normalized spacial score (nSPS) is 25.2. The minimum absolute atomic E-state index is 0.313. The first-order valence-corrected chi connectivity index (χ1v) is 7.71. The zero-order valence-corrected chi connectivity index (χ0v) is 10.6. The molecular weight excluding hydrogens is 251 g/mol. The molecule has 1 aliphatic heterocycles. The number of rotatable bonds is 0. The molecule has 2 atom stereocenters. The fourth-order valence-corrected chi connectivity index (χ4v) is 4.47. The third-order valence-corrected chi connectivity index (χ3v) is 5.37. The summed E-state index contributed by atoms with van der Waals surface area (Å²) in [6.07, 6.45) is 10.7. The van der Waals surface area contributed by atoms with Crippen LogP contribution in [0, 0.1) is 0 Å². The Hall–Kier alpha value is -1.30. The summed E-state index contributed by atoms with van der Waals surface area (Å²) in [6.45, 7) is 0. The van der Waals surface area contributed by atoms with Crippen molar-refractivity contribution < 1.29 is 4.52 Å². The zero-order valence-electron chi connectivity index (χ0n) is 8.93. The van der Waals surface area contributed by atoms with Crippen molar-refractivity contribution in [1.29, 1.82) is 0 Å². The van der Waals surface area contributed by atoms with E-state index in [9.17, 15) is 0 Å². The van der Waals surface area contributed by atoms with Gasteiger partial charge in [-0.05, 0) is 23.3 Å². The van der Waals surface area contributed by atoms with Gasteiger partial charge in [-0.1, -0.05) is 36.4 Å². The Labute approximate surface area is 105 Å². The summed E-state index contributed by atoms with van der Waals surface area (Å²) in [4.78, 5) is 0.